The first-order valence-corrected chi connectivity index (χ1v) is 5.53. The van der Waals surface area contributed by atoms with Crippen LogP contribution < -0.4 is 0 Å². The maximum atomic E-state index is 11.7. The van der Waals surface area contributed by atoms with Gasteiger partial charge in [-0.05, 0) is 12.5 Å². The van der Waals surface area contributed by atoms with Gasteiger partial charge in [0.15, 0.2) is 0 Å². The Hall–Kier alpha value is -1.91. The van der Waals surface area contributed by atoms with Gasteiger partial charge in [-0.1, -0.05) is 6.92 Å². The second-order valence-corrected chi connectivity index (χ2v) is 3.79. The van der Waals surface area contributed by atoms with E-state index in [2.05, 4.69) is 5.10 Å². The molecule has 0 aromatic carbocycles. The first kappa shape index (κ1) is 13.2. The maximum absolute atomic E-state index is 11.7. The van der Waals surface area contributed by atoms with Gasteiger partial charge in [0, 0.05) is 38.4 Å². The van der Waals surface area contributed by atoms with Crippen molar-refractivity contribution in [1.82, 2.24) is 14.7 Å². The van der Waals surface area contributed by atoms with E-state index >= 15 is 0 Å². The molecule has 1 aromatic heterocycles. The van der Waals surface area contributed by atoms with Crippen molar-refractivity contribution in [3.8, 4) is 0 Å². The highest BCUT2D eigenvalue weighted by Crippen LogP contribution is 2.02. The lowest BCUT2D eigenvalue weighted by Crippen LogP contribution is -2.34. The average molecular weight is 235 g/mol. The molecule has 0 atom stereocenters. The summed E-state index contributed by atoms with van der Waals surface area (Å²) in [7, 11) is 1.80. The summed E-state index contributed by atoms with van der Waals surface area (Å²) in [5.74, 6) is -0.518. The number of imide groups is 1. The third-order valence-corrected chi connectivity index (χ3v) is 2.24. The molecule has 17 heavy (non-hydrogen) atoms. The number of hydrogen-bond donors (Lipinski definition) is 0. The van der Waals surface area contributed by atoms with Gasteiger partial charge in [0.2, 0.25) is 5.91 Å². The SMILES string of the molecule is CCCN(C(C)=O)C(=O)/C=C/c1cnn(C)c1. The smallest absolute Gasteiger partial charge is 0.253 e. The number of aryl methyl sites for hydroxylation is 1. The lowest BCUT2D eigenvalue weighted by molar-refractivity contribution is -0.140. The zero-order valence-electron chi connectivity index (χ0n) is 10.4. The fraction of sp³-hybridized carbons (Fsp3) is 0.417. The predicted octanol–water partition coefficient (Wildman–Crippen LogP) is 1.22. The van der Waals surface area contributed by atoms with Crippen LogP contribution in [0.15, 0.2) is 18.5 Å². The molecule has 5 nitrogen and oxygen atoms in total. The standard InChI is InChI=1S/C12H17N3O2/c1-4-7-15(10(2)16)12(17)6-5-11-8-13-14(3)9-11/h5-6,8-9H,4,7H2,1-3H3/b6-5+. The normalized spacial score (nSPS) is 10.8. The van der Waals surface area contributed by atoms with Gasteiger partial charge in [0.25, 0.3) is 5.91 Å². The van der Waals surface area contributed by atoms with Crippen molar-refractivity contribution in [3.63, 3.8) is 0 Å². The van der Waals surface area contributed by atoms with Gasteiger partial charge < -0.3 is 0 Å². The Bertz CT molecular complexity index is 435. The van der Waals surface area contributed by atoms with Crippen LogP contribution in [0.4, 0.5) is 0 Å². The molecule has 0 saturated carbocycles. The van der Waals surface area contributed by atoms with E-state index in [9.17, 15) is 9.59 Å². The quantitative estimate of drug-likeness (QED) is 0.737. The zero-order chi connectivity index (χ0) is 12.8. The molecule has 0 spiro atoms. The highest BCUT2D eigenvalue weighted by molar-refractivity contribution is 6.02. The fourth-order valence-electron chi connectivity index (χ4n) is 1.43. The van der Waals surface area contributed by atoms with E-state index in [0.29, 0.717) is 6.54 Å². The minimum Gasteiger partial charge on any atom is -0.279 e. The third kappa shape index (κ3) is 3.86. The number of carbonyl (C=O) groups excluding carboxylic acids is 2. The van der Waals surface area contributed by atoms with Crippen molar-refractivity contribution >= 4 is 17.9 Å². The summed E-state index contributed by atoms with van der Waals surface area (Å²) in [5, 5.41) is 3.98. The summed E-state index contributed by atoms with van der Waals surface area (Å²) < 4.78 is 1.65. The Balaban J connectivity index is 2.69. The predicted molar refractivity (Wildman–Crippen MR) is 64.9 cm³/mol. The average Bonchev–Trinajstić information content (AvgIpc) is 2.68. The van der Waals surface area contributed by atoms with Crippen LogP contribution in [0, 0.1) is 0 Å². The van der Waals surface area contributed by atoms with Crippen LogP contribution in [0.5, 0.6) is 0 Å². The first-order valence-electron chi connectivity index (χ1n) is 5.53. The Labute approximate surface area is 101 Å². The lowest BCUT2D eigenvalue weighted by atomic mass is 10.3. The number of hydrogen-bond acceptors (Lipinski definition) is 3. The van der Waals surface area contributed by atoms with Crippen LogP contribution in [0.3, 0.4) is 0 Å². The van der Waals surface area contributed by atoms with Crippen LogP contribution in [0.2, 0.25) is 0 Å². The van der Waals surface area contributed by atoms with Crippen molar-refractivity contribution in [1.29, 1.82) is 0 Å². The zero-order valence-corrected chi connectivity index (χ0v) is 10.4. The molecule has 0 bridgehead atoms. The van der Waals surface area contributed by atoms with Gasteiger partial charge in [-0.2, -0.15) is 5.10 Å². The number of rotatable bonds is 4. The van der Waals surface area contributed by atoms with Crippen molar-refractivity contribution in [2.24, 2.45) is 7.05 Å². The maximum Gasteiger partial charge on any atom is 0.253 e. The molecule has 0 radical (unpaired) electrons. The van der Waals surface area contributed by atoms with E-state index in [1.54, 1.807) is 30.2 Å². The largest absolute Gasteiger partial charge is 0.279 e. The van der Waals surface area contributed by atoms with Crippen molar-refractivity contribution in [2.75, 3.05) is 6.54 Å². The topological polar surface area (TPSA) is 55.2 Å². The lowest BCUT2D eigenvalue weighted by Gasteiger charge is -2.15. The van der Waals surface area contributed by atoms with E-state index in [0.717, 1.165) is 12.0 Å². The highest BCUT2D eigenvalue weighted by atomic mass is 16.2. The highest BCUT2D eigenvalue weighted by Gasteiger charge is 2.13. The van der Waals surface area contributed by atoms with Gasteiger partial charge in [-0.15, -0.1) is 0 Å². The molecule has 2 amide bonds. The Kier molecular flexibility index (Phi) is 4.63. The molecule has 0 aliphatic heterocycles. The molecule has 1 aromatic rings. The summed E-state index contributed by atoms with van der Waals surface area (Å²) in [5.41, 5.74) is 0.834. The van der Waals surface area contributed by atoms with E-state index in [-0.39, 0.29) is 11.8 Å². The van der Waals surface area contributed by atoms with Gasteiger partial charge in [-0.25, -0.2) is 0 Å². The fourth-order valence-corrected chi connectivity index (χ4v) is 1.43. The van der Waals surface area contributed by atoms with Gasteiger partial charge in [-0.3, -0.25) is 19.2 Å². The van der Waals surface area contributed by atoms with E-state index in [4.69, 9.17) is 0 Å². The van der Waals surface area contributed by atoms with Crippen molar-refractivity contribution in [2.45, 2.75) is 20.3 Å². The summed E-state index contributed by atoms with van der Waals surface area (Å²) >= 11 is 0. The van der Waals surface area contributed by atoms with Gasteiger partial charge in [0.1, 0.15) is 0 Å². The molecule has 0 aliphatic carbocycles. The third-order valence-electron chi connectivity index (χ3n) is 2.24. The van der Waals surface area contributed by atoms with Crippen molar-refractivity contribution in [3.05, 3.63) is 24.0 Å². The molecular formula is C12H17N3O2. The molecule has 0 aliphatic rings. The second-order valence-electron chi connectivity index (χ2n) is 3.79. The summed E-state index contributed by atoms with van der Waals surface area (Å²) in [6.07, 6.45) is 7.25. The second kappa shape index (κ2) is 5.98. The Morgan fingerprint density at radius 2 is 2.24 bits per heavy atom. The van der Waals surface area contributed by atoms with Crippen LogP contribution >= 0.6 is 0 Å². The molecule has 5 heteroatoms. The Morgan fingerprint density at radius 1 is 1.53 bits per heavy atom. The number of carbonyl (C=O) groups is 2. The molecule has 0 saturated heterocycles. The molecule has 0 unspecified atom stereocenters. The first-order chi connectivity index (χ1) is 8.04. The molecule has 0 N–H and O–H groups in total. The summed E-state index contributed by atoms with van der Waals surface area (Å²) in [4.78, 5) is 24.2. The van der Waals surface area contributed by atoms with Gasteiger partial charge >= 0.3 is 0 Å². The summed E-state index contributed by atoms with van der Waals surface area (Å²) in [6.45, 7) is 3.77. The number of amides is 2. The van der Waals surface area contributed by atoms with Crippen LogP contribution in [-0.4, -0.2) is 33.0 Å². The summed E-state index contributed by atoms with van der Waals surface area (Å²) in [6, 6.07) is 0. The van der Waals surface area contributed by atoms with Gasteiger partial charge in [0.05, 0.1) is 6.20 Å². The van der Waals surface area contributed by atoms with Crippen LogP contribution in [0.1, 0.15) is 25.8 Å². The van der Waals surface area contributed by atoms with E-state index in [1.165, 1.54) is 17.9 Å². The number of aromatic nitrogens is 2. The van der Waals surface area contributed by atoms with E-state index in [1.807, 2.05) is 6.92 Å². The minimum absolute atomic E-state index is 0.229. The molecule has 0 fully saturated rings. The monoisotopic (exact) mass is 235 g/mol. The van der Waals surface area contributed by atoms with Crippen LogP contribution in [-0.2, 0) is 16.6 Å². The molecule has 92 valence electrons. The Morgan fingerprint density at radius 3 is 2.71 bits per heavy atom. The minimum atomic E-state index is -0.289. The molecular weight excluding hydrogens is 218 g/mol. The van der Waals surface area contributed by atoms with E-state index < -0.39 is 0 Å². The van der Waals surface area contributed by atoms with Crippen LogP contribution in [0.25, 0.3) is 6.08 Å². The number of nitrogens with zero attached hydrogens (tertiary/aromatic N) is 3. The van der Waals surface area contributed by atoms with Crippen molar-refractivity contribution < 1.29 is 9.59 Å². The molecule has 1 heterocycles. The molecule has 1 rings (SSSR count).